The number of hydrogen-bond acceptors (Lipinski definition) is 3. The summed E-state index contributed by atoms with van der Waals surface area (Å²) in [4.78, 5) is 13.3. The molecule has 1 aliphatic carbocycles. The van der Waals surface area contributed by atoms with E-state index in [1.54, 1.807) is 6.20 Å². The van der Waals surface area contributed by atoms with Gasteiger partial charge in [-0.1, -0.05) is 11.6 Å². The largest absolute Gasteiger partial charge is 0.261 e. The lowest BCUT2D eigenvalue weighted by Gasteiger charge is -2.16. The SMILES string of the molecule is Cc1ccc(-c2nc(Cl)c3c(n2)CCCC3)cn1. The van der Waals surface area contributed by atoms with Gasteiger partial charge in [-0.05, 0) is 44.7 Å². The van der Waals surface area contributed by atoms with Crippen molar-refractivity contribution < 1.29 is 0 Å². The van der Waals surface area contributed by atoms with Crippen LogP contribution in [0.1, 0.15) is 29.8 Å². The van der Waals surface area contributed by atoms with Gasteiger partial charge >= 0.3 is 0 Å². The van der Waals surface area contributed by atoms with Crippen molar-refractivity contribution in [1.82, 2.24) is 15.0 Å². The molecule has 0 saturated carbocycles. The zero-order valence-corrected chi connectivity index (χ0v) is 11.0. The Kier molecular flexibility index (Phi) is 3.00. The van der Waals surface area contributed by atoms with E-state index < -0.39 is 0 Å². The Morgan fingerprint density at radius 1 is 1.11 bits per heavy atom. The second-order valence-corrected chi connectivity index (χ2v) is 5.02. The van der Waals surface area contributed by atoms with Crippen LogP contribution >= 0.6 is 11.6 Å². The van der Waals surface area contributed by atoms with Crippen LogP contribution in [-0.4, -0.2) is 15.0 Å². The molecule has 0 fully saturated rings. The molecule has 4 heteroatoms. The maximum Gasteiger partial charge on any atom is 0.162 e. The molecule has 2 aromatic heterocycles. The molecule has 3 rings (SSSR count). The molecule has 0 radical (unpaired) electrons. The zero-order valence-electron chi connectivity index (χ0n) is 10.3. The molecule has 0 spiro atoms. The summed E-state index contributed by atoms with van der Waals surface area (Å²) in [5, 5.41) is 0.607. The van der Waals surface area contributed by atoms with Crippen LogP contribution in [0.5, 0.6) is 0 Å². The van der Waals surface area contributed by atoms with Crippen LogP contribution in [0, 0.1) is 6.92 Å². The topological polar surface area (TPSA) is 38.7 Å². The normalized spacial score (nSPS) is 14.3. The lowest BCUT2D eigenvalue weighted by atomic mass is 9.97. The van der Waals surface area contributed by atoms with Gasteiger partial charge in [-0.25, -0.2) is 9.97 Å². The predicted molar refractivity (Wildman–Crippen MR) is 71.7 cm³/mol. The fraction of sp³-hybridized carbons (Fsp3) is 0.357. The van der Waals surface area contributed by atoms with E-state index in [0.29, 0.717) is 11.0 Å². The minimum atomic E-state index is 0.607. The summed E-state index contributed by atoms with van der Waals surface area (Å²) in [5.74, 6) is 0.688. The van der Waals surface area contributed by atoms with Gasteiger partial charge in [-0.15, -0.1) is 0 Å². The highest BCUT2D eigenvalue weighted by atomic mass is 35.5. The van der Waals surface area contributed by atoms with Crippen molar-refractivity contribution in [3.8, 4) is 11.4 Å². The molecule has 0 unspecified atom stereocenters. The van der Waals surface area contributed by atoms with E-state index in [0.717, 1.165) is 35.4 Å². The Morgan fingerprint density at radius 3 is 2.72 bits per heavy atom. The number of hydrogen-bond donors (Lipinski definition) is 0. The number of fused-ring (bicyclic) bond motifs is 1. The summed E-state index contributed by atoms with van der Waals surface area (Å²) < 4.78 is 0. The number of aryl methyl sites for hydroxylation is 2. The lowest BCUT2D eigenvalue weighted by molar-refractivity contribution is 0.663. The Labute approximate surface area is 111 Å². The number of nitrogens with zero attached hydrogens (tertiary/aromatic N) is 3. The zero-order chi connectivity index (χ0) is 12.5. The van der Waals surface area contributed by atoms with Gasteiger partial charge in [0.15, 0.2) is 5.82 Å². The molecule has 18 heavy (non-hydrogen) atoms. The van der Waals surface area contributed by atoms with Crippen LogP contribution in [0.2, 0.25) is 5.15 Å². The summed E-state index contributed by atoms with van der Waals surface area (Å²) in [5.41, 5.74) is 4.15. The molecule has 1 aliphatic rings. The smallest absolute Gasteiger partial charge is 0.162 e. The van der Waals surface area contributed by atoms with Crippen LogP contribution in [0.15, 0.2) is 18.3 Å². The first-order chi connectivity index (χ1) is 8.74. The number of halogens is 1. The van der Waals surface area contributed by atoms with E-state index >= 15 is 0 Å². The number of rotatable bonds is 1. The van der Waals surface area contributed by atoms with E-state index in [-0.39, 0.29) is 0 Å². The Balaban J connectivity index is 2.08. The highest BCUT2D eigenvalue weighted by Gasteiger charge is 2.17. The first-order valence-electron chi connectivity index (χ1n) is 6.22. The summed E-state index contributed by atoms with van der Waals surface area (Å²) in [6.07, 6.45) is 6.17. The Hall–Kier alpha value is -1.48. The van der Waals surface area contributed by atoms with Crippen molar-refractivity contribution in [2.45, 2.75) is 32.6 Å². The Morgan fingerprint density at radius 2 is 1.94 bits per heavy atom. The van der Waals surface area contributed by atoms with Gasteiger partial charge in [0.25, 0.3) is 0 Å². The van der Waals surface area contributed by atoms with E-state index in [2.05, 4.69) is 15.0 Å². The molecule has 0 bridgehead atoms. The van der Waals surface area contributed by atoms with Gasteiger partial charge in [0.05, 0.1) is 0 Å². The fourth-order valence-electron chi connectivity index (χ4n) is 2.28. The van der Waals surface area contributed by atoms with Crippen LogP contribution < -0.4 is 0 Å². The summed E-state index contributed by atoms with van der Waals surface area (Å²) >= 11 is 6.26. The second-order valence-electron chi connectivity index (χ2n) is 4.66. The summed E-state index contributed by atoms with van der Waals surface area (Å²) in [7, 11) is 0. The van der Waals surface area contributed by atoms with Crippen LogP contribution in [0.4, 0.5) is 0 Å². The molecule has 0 atom stereocenters. The van der Waals surface area contributed by atoms with Crippen molar-refractivity contribution in [2.24, 2.45) is 0 Å². The molecule has 2 heterocycles. The average Bonchev–Trinajstić information content (AvgIpc) is 2.39. The number of aromatic nitrogens is 3. The van der Waals surface area contributed by atoms with Crippen LogP contribution in [-0.2, 0) is 12.8 Å². The molecule has 92 valence electrons. The summed E-state index contributed by atoms with van der Waals surface area (Å²) in [6.45, 7) is 1.96. The maximum atomic E-state index is 6.26. The molecule has 0 amide bonds. The third-order valence-electron chi connectivity index (χ3n) is 3.30. The van der Waals surface area contributed by atoms with E-state index in [1.807, 2.05) is 19.1 Å². The third kappa shape index (κ3) is 2.10. The van der Waals surface area contributed by atoms with Gasteiger partial charge < -0.3 is 0 Å². The minimum Gasteiger partial charge on any atom is -0.261 e. The predicted octanol–water partition coefficient (Wildman–Crippen LogP) is 3.38. The van der Waals surface area contributed by atoms with E-state index in [1.165, 1.54) is 12.8 Å². The standard InChI is InChI=1S/C14H14ClN3/c1-9-6-7-10(8-16-9)14-17-12-5-3-2-4-11(12)13(15)18-14/h6-8H,2-5H2,1H3. The first-order valence-corrected chi connectivity index (χ1v) is 6.60. The van der Waals surface area contributed by atoms with Gasteiger partial charge in [0, 0.05) is 28.7 Å². The second kappa shape index (κ2) is 4.65. The molecule has 0 saturated heterocycles. The van der Waals surface area contributed by atoms with Crippen molar-refractivity contribution in [2.75, 3.05) is 0 Å². The quantitative estimate of drug-likeness (QED) is 0.737. The van der Waals surface area contributed by atoms with Crippen molar-refractivity contribution in [3.05, 3.63) is 40.4 Å². The van der Waals surface area contributed by atoms with Crippen molar-refractivity contribution in [3.63, 3.8) is 0 Å². The van der Waals surface area contributed by atoms with Crippen LogP contribution in [0.3, 0.4) is 0 Å². The first kappa shape index (κ1) is 11.6. The maximum absolute atomic E-state index is 6.26. The molecule has 0 aliphatic heterocycles. The van der Waals surface area contributed by atoms with E-state index in [9.17, 15) is 0 Å². The van der Waals surface area contributed by atoms with E-state index in [4.69, 9.17) is 11.6 Å². The fourth-order valence-corrected chi connectivity index (χ4v) is 2.56. The minimum absolute atomic E-state index is 0.607. The lowest BCUT2D eigenvalue weighted by Crippen LogP contribution is -2.08. The van der Waals surface area contributed by atoms with Gasteiger partial charge in [0.1, 0.15) is 5.15 Å². The van der Waals surface area contributed by atoms with Gasteiger partial charge in [-0.3, -0.25) is 4.98 Å². The number of pyridine rings is 1. The van der Waals surface area contributed by atoms with Gasteiger partial charge in [-0.2, -0.15) is 0 Å². The molecule has 0 aromatic carbocycles. The highest BCUT2D eigenvalue weighted by molar-refractivity contribution is 6.30. The van der Waals surface area contributed by atoms with Gasteiger partial charge in [0.2, 0.25) is 0 Å². The highest BCUT2D eigenvalue weighted by Crippen LogP contribution is 2.27. The molecular weight excluding hydrogens is 246 g/mol. The molecule has 3 nitrogen and oxygen atoms in total. The molecule has 2 aromatic rings. The Bertz CT molecular complexity index is 578. The molecular formula is C14H14ClN3. The van der Waals surface area contributed by atoms with Crippen LogP contribution in [0.25, 0.3) is 11.4 Å². The van der Waals surface area contributed by atoms with Crippen molar-refractivity contribution in [1.29, 1.82) is 0 Å². The molecule has 0 N–H and O–H groups in total. The monoisotopic (exact) mass is 259 g/mol. The average molecular weight is 260 g/mol. The third-order valence-corrected chi connectivity index (χ3v) is 3.61. The van der Waals surface area contributed by atoms with Crippen molar-refractivity contribution >= 4 is 11.6 Å². The summed E-state index contributed by atoms with van der Waals surface area (Å²) in [6, 6.07) is 3.95.